The molecule has 1 saturated heterocycles. The third kappa shape index (κ3) is 0.782. The summed E-state index contributed by atoms with van der Waals surface area (Å²) in [6.07, 6.45) is 3.08. The Kier molecular flexibility index (Phi) is 1.37. The van der Waals surface area contributed by atoms with E-state index in [2.05, 4.69) is 26.1 Å². The third-order valence-corrected chi connectivity index (χ3v) is 4.30. The Morgan fingerprint density at radius 3 is 2.67 bits per heavy atom. The predicted octanol–water partition coefficient (Wildman–Crippen LogP) is 1.70. The highest BCUT2D eigenvalue weighted by molar-refractivity contribution is 5.78. The van der Waals surface area contributed by atoms with Crippen LogP contribution in [-0.2, 0) is 4.79 Å². The van der Waals surface area contributed by atoms with Crippen molar-refractivity contribution in [2.45, 2.75) is 46.1 Å². The summed E-state index contributed by atoms with van der Waals surface area (Å²) in [4.78, 5) is 11.3. The number of hydrogen-bond donors (Lipinski definition) is 1. The predicted molar refractivity (Wildman–Crippen MR) is 47.7 cm³/mol. The molecule has 2 fully saturated rings. The van der Waals surface area contributed by atoms with Crippen LogP contribution in [-0.4, -0.2) is 11.9 Å². The van der Waals surface area contributed by atoms with E-state index in [1.807, 2.05) is 0 Å². The smallest absolute Gasteiger partial charge is 0.220 e. The highest BCUT2D eigenvalue weighted by Crippen LogP contribution is 2.56. The molecule has 1 heterocycles. The lowest BCUT2D eigenvalue weighted by Gasteiger charge is -2.45. The maximum absolute atomic E-state index is 11.3. The lowest BCUT2D eigenvalue weighted by atomic mass is 9.64. The molecule has 2 nitrogen and oxygen atoms in total. The lowest BCUT2D eigenvalue weighted by Crippen LogP contribution is -2.53. The van der Waals surface area contributed by atoms with Crippen LogP contribution in [0, 0.1) is 10.8 Å². The molecule has 2 aliphatic rings. The van der Waals surface area contributed by atoms with E-state index < -0.39 is 0 Å². The van der Waals surface area contributed by atoms with Crippen LogP contribution in [0.2, 0.25) is 0 Å². The summed E-state index contributed by atoms with van der Waals surface area (Å²) in [5, 5.41) is 3.08. The first kappa shape index (κ1) is 8.09. The van der Waals surface area contributed by atoms with Gasteiger partial charge in [-0.15, -0.1) is 0 Å². The first-order valence-corrected chi connectivity index (χ1v) is 4.75. The topological polar surface area (TPSA) is 29.1 Å². The van der Waals surface area contributed by atoms with Gasteiger partial charge in [-0.1, -0.05) is 20.8 Å². The maximum Gasteiger partial charge on any atom is 0.220 e. The Morgan fingerprint density at radius 2 is 2.08 bits per heavy atom. The highest BCUT2D eigenvalue weighted by Gasteiger charge is 2.55. The maximum atomic E-state index is 11.3. The van der Waals surface area contributed by atoms with E-state index >= 15 is 0 Å². The quantitative estimate of drug-likeness (QED) is 0.584. The van der Waals surface area contributed by atoms with Gasteiger partial charge in [-0.3, -0.25) is 4.79 Å². The van der Waals surface area contributed by atoms with Crippen molar-refractivity contribution in [1.82, 2.24) is 5.32 Å². The van der Waals surface area contributed by atoms with Crippen LogP contribution in [0.4, 0.5) is 0 Å². The van der Waals surface area contributed by atoms with Crippen LogP contribution in [0.25, 0.3) is 0 Å². The Balaban J connectivity index is 2.37. The van der Waals surface area contributed by atoms with Crippen molar-refractivity contribution in [3.05, 3.63) is 0 Å². The average Bonchev–Trinajstić information content (AvgIpc) is 2.16. The molecule has 0 aromatic carbocycles. The molecule has 1 amide bonds. The molecule has 1 unspecified atom stereocenters. The van der Waals surface area contributed by atoms with Gasteiger partial charge in [-0.05, 0) is 23.7 Å². The molecule has 0 aromatic rings. The van der Waals surface area contributed by atoms with Crippen molar-refractivity contribution in [3.63, 3.8) is 0 Å². The second-order valence-corrected chi connectivity index (χ2v) is 5.12. The Bertz CT molecular complexity index is 234. The van der Waals surface area contributed by atoms with Crippen molar-refractivity contribution >= 4 is 5.91 Å². The minimum absolute atomic E-state index is 0.249. The van der Waals surface area contributed by atoms with E-state index in [9.17, 15) is 4.79 Å². The van der Waals surface area contributed by atoms with E-state index in [1.165, 1.54) is 6.42 Å². The standard InChI is InChI=1S/C10H17NO/c1-9(2)7-4-5-10(9,3)6-8(12)11-7/h7H,4-6H2,1-3H3,(H,11,12)/t7-,10?/m1/s1. The zero-order valence-corrected chi connectivity index (χ0v) is 8.11. The summed E-state index contributed by atoms with van der Waals surface area (Å²) < 4.78 is 0. The number of fused-ring (bicyclic) bond motifs is 2. The summed E-state index contributed by atoms with van der Waals surface area (Å²) in [5.41, 5.74) is 0.543. The van der Waals surface area contributed by atoms with Gasteiger partial charge in [-0.2, -0.15) is 0 Å². The van der Waals surface area contributed by atoms with Crippen LogP contribution in [0.3, 0.4) is 0 Å². The van der Waals surface area contributed by atoms with Crippen molar-refractivity contribution in [2.75, 3.05) is 0 Å². The molecule has 1 aliphatic heterocycles. The van der Waals surface area contributed by atoms with Gasteiger partial charge in [0.25, 0.3) is 0 Å². The molecule has 0 radical (unpaired) electrons. The van der Waals surface area contributed by atoms with E-state index in [1.54, 1.807) is 0 Å². The number of piperidine rings is 1. The highest BCUT2D eigenvalue weighted by atomic mass is 16.1. The second kappa shape index (κ2) is 2.04. The molecule has 1 saturated carbocycles. The monoisotopic (exact) mass is 167 g/mol. The Hall–Kier alpha value is -0.530. The number of amides is 1. The van der Waals surface area contributed by atoms with Gasteiger partial charge in [0.2, 0.25) is 5.91 Å². The molecule has 0 aromatic heterocycles. The molecule has 1 aliphatic carbocycles. The van der Waals surface area contributed by atoms with Gasteiger partial charge in [0.15, 0.2) is 0 Å². The van der Waals surface area contributed by atoms with Crippen LogP contribution in [0.1, 0.15) is 40.0 Å². The zero-order chi connectivity index (χ0) is 8.98. The second-order valence-electron chi connectivity index (χ2n) is 5.12. The summed E-state index contributed by atoms with van der Waals surface area (Å²) in [7, 11) is 0. The normalized spacial score (nSPS) is 44.2. The molecule has 2 heteroatoms. The first-order chi connectivity index (χ1) is 5.46. The molecule has 1 N–H and O–H groups in total. The summed E-state index contributed by atoms with van der Waals surface area (Å²) in [6.45, 7) is 6.82. The molecular weight excluding hydrogens is 150 g/mol. The molecule has 12 heavy (non-hydrogen) atoms. The molecule has 68 valence electrons. The first-order valence-electron chi connectivity index (χ1n) is 4.75. The van der Waals surface area contributed by atoms with Crippen molar-refractivity contribution in [2.24, 2.45) is 10.8 Å². The van der Waals surface area contributed by atoms with Crippen molar-refractivity contribution in [1.29, 1.82) is 0 Å². The molecule has 2 bridgehead atoms. The minimum Gasteiger partial charge on any atom is -0.353 e. The number of rotatable bonds is 0. The Labute approximate surface area is 73.7 Å². The van der Waals surface area contributed by atoms with E-state index in [0.717, 1.165) is 12.8 Å². The number of carbonyl (C=O) groups excluding carboxylic acids is 1. The van der Waals surface area contributed by atoms with Crippen LogP contribution < -0.4 is 5.32 Å². The average molecular weight is 167 g/mol. The van der Waals surface area contributed by atoms with Crippen molar-refractivity contribution < 1.29 is 4.79 Å². The fraction of sp³-hybridized carbons (Fsp3) is 0.900. The fourth-order valence-corrected chi connectivity index (χ4v) is 2.74. The molecule has 2 rings (SSSR count). The van der Waals surface area contributed by atoms with Crippen LogP contribution >= 0.6 is 0 Å². The third-order valence-electron chi connectivity index (χ3n) is 4.30. The fourth-order valence-electron chi connectivity index (χ4n) is 2.74. The van der Waals surface area contributed by atoms with Crippen LogP contribution in [0.5, 0.6) is 0 Å². The van der Waals surface area contributed by atoms with E-state index in [0.29, 0.717) is 11.5 Å². The van der Waals surface area contributed by atoms with Crippen LogP contribution in [0.15, 0.2) is 0 Å². The molecular formula is C10H17NO. The van der Waals surface area contributed by atoms with E-state index in [-0.39, 0.29) is 11.3 Å². The van der Waals surface area contributed by atoms with Crippen molar-refractivity contribution in [3.8, 4) is 0 Å². The summed E-state index contributed by atoms with van der Waals surface area (Å²) in [5.74, 6) is 0.249. The van der Waals surface area contributed by atoms with Gasteiger partial charge < -0.3 is 5.32 Å². The van der Waals surface area contributed by atoms with E-state index in [4.69, 9.17) is 0 Å². The lowest BCUT2D eigenvalue weighted by molar-refractivity contribution is -0.130. The largest absolute Gasteiger partial charge is 0.353 e. The SMILES string of the molecule is CC12CC[C@@H](NC(=O)C1)C2(C)C. The molecule has 0 spiro atoms. The van der Waals surface area contributed by atoms with Gasteiger partial charge >= 0.3 is 0 Å². The number of hydrogen-bond acceptors (Lipinski definition) is 1. The summed E-state index contributed by atoms with van der Waals surface area (Å²) >= 11 is 0. The van der Waals surface area contributed by atoms with Gasteiger partial charge in [0.05, 0.1) is 0 Å². The zero-order valence-electron chi connectivity index (χ0n) is 8.11. The van der Waals surface area contributed by atoms with Gasteiger partial charge in [0.1, 0.15) is 0 Å². The minimum atomic E-state index is 0.249. The number of nitrogens with one attached hydrogen (secondary N) is 1. The molecule has 2 atom stereocenters. The number of carbonyl (C=O) groups is 1. The van der Waals surface area contributed by atoms with Gasteiger partial charge in [0, 0.05) is 12.5 Å². The summed E-state index contributed by atoms with van der Waals surface area (Å²) in [6, 6.07) is 0.420. The van der Waals surface area contributed by atoms with Gasteiger partial charge in [-0.25, -0.2) is 0 Å². The Morgan fingerprint density at radius 1 is 1.42 bits per heavy atom.